The van der Waals surface area contributed by atoms with Crippen molar-refractivity contribution in [2.45, 2.75) is 63.8 Å². The van der Waals surface area contributed by atoms with Crippen LogP contribution >= 0.6 is 0 Å². The van der Waals surface area contributed by atoms with Crippen LogP contribution in [0.5, 0.6) is 0 Å². The number of alkyl halides is 4. The molecule has 0 aromatic heterocycles. The molecule has 0 unspecified atom stereocenters. The highest BCUT2D eigenvalue weighted by molar-refractivity contribution is 5.84. The fourth-order valence-electron chi connectivity index (χ4n) is 2.33. The van der Waals surface area contributed by atoms with Crippen molar-refractivity contribution < 1.29 is 22.4 Å². The van der Waals surface area contributed by atoms with E-state index in [4.69, 9.17) is 0 Å². The Hall–Kier alpha value is -0.810. The van der Waals surface area contributed by atoms with Crippen molar-refractivity contribution in [1.82, 2.24) is 5.32 Å². The highest BCUT2D eigenvalue weighted by atomic mass is 19.3. The van der Waals surface area contributed by atoms with Gasteiger partial charge in [-0.15, -0.1) is 0 Å². The fourth-order valence-corrected chi connectivity index (χ4v) is 2.33. The highest BCUT2D eigenvalue weighted by Crippen LogP contribution is 2.27. The van der Waals surface area contributed by atoms with E-state index in [0.717, 1.165) is 38.5 Å². The first-order valence-corrected chi connectivity index (χ1v) is 6.32. The Bertz CT molecular complexity index is 275. The van der Waals surface area contributed by atoms with Crippen LogP contribution in [0.15, 0.2) is 0 Å². The van der Waals surface area contributed by atoms with Crippen LogP contribution < -0.4 is 5.32 Å². The minimum atomic E-state index is -4.60. The molecule has 1 aliphatic rings. The van der Waals surface area contributed by atoms with Crippen molar-refractivity contribution in [3.05, 3.63) is 0 Å². The standard InChI is InChI=1S/C12H19F4NO/c1-8(9-6-4-2-3-5-7-9)17-11(18)12(15,16)10(13)14/h8-10H,2-7H2,1H3,(H,17,18)/t8-/m0/s1. The monoisotopic (exact) mass is 269 g/mol. The average Bonchev–Trinajstić information content (AvgIpc) is 2.56. The summed E-state index contributed by atoms with van der Waals surface area (Å²) in [6, 6.07) is -0.486. The van der Waals surface area contributed by atoms with E-state index in [0.29, 0.717) is 0 Å². The Kier molecular flexibility index (Phi) is 5.41. The lowest BCUT2D eigenvalue weighted by molar-refractivity contribution is -0.170. The van der Waals surface area contributed by atoms with Crippen molar-refractivity contribution in [3.8, 4) is 0 Å². The second kappa shape index (κ2) is 6.38. The molecule has 0 aliphatic heterocycles. The number of amides is 1. The number of hydrogen-bond acceptors (Lipinski definition) is 1. The van der Waals surface area contributed by atoms with E-state index >= 15 is 0 Å². The molecule has 0 saturated heterocycles. The molecule has 18 heavy (non-hydrogen) atoms. The minimum Gasteiger partial charge on any atom is -0.348 e. The summed E-state index contributed by atoms with van der Waals surface area (Å²) in [5, 5.41) is 2.03. The third kappa shape index (κ3) is 3.85. The third-order valence-electron chi connectivity index (χ3n) is 3.54. The summed E-state index contributed by atoms with van der Waals surface area (Å²) in [5.41, 5.74) is 0. The fraction of sp³-hybridized carbons (Fsp3) is 0.917. The molecule has 1 saturated carbocycles. The van der Waals surface area contributed by atoms with Crippen LogP contribution in [0.3, 0.4) is 0 Å². The Morgan fingerprint density at radius 2 is 1.67 bits per heavy atom. The zero-order valence-corrected chi connectivity index (χ0v) is 10.4. The molecule has 1 aliphatic carbocycles. The van der Waals surface area contributed by atoms with E-state index in [1.807, 2.05) is 5.32 Å². The molecule has 0 aromatic rings. The zero-order chi connectivity index (χ0) is 13.8. The molecule has 2 nitrogen and oxygen atoms in total. The SMILES string of the molecule is C[C@H](NC(=O)C(F)(F)C(F)F)C1CCCCCC1. The van der Waals surface area contributed by atoms with Gasteiger partial charge < -0.3 is 5.32 Å². The van der Waals surface area contributed by atoms with Crippen molar-refractivity contribution >= 4 is 5.91 Å². The zero-order valence-electron chi connectivity index (χ0n) is 10.4. The maximum Gasteiger partial charge on any atom is 0.383 e. The summed E-state index contributed by atoms with van der Waals surface area (Å²) in [7, 11) is 0. The maximum atomic E-state index is 12.8. The van der Waals surface area contributed by atoms with Crippen molar-refractivity contribution in [2.75, 3.05) is 0 Å². The first kappa shape index (κ1) is 15.2. The van der Waals surface area contributed by atoms with E-state index in [1.165, 1.54) is 0 Å². The Morgan fingerprint density at radius 3 is 2.11 bits per heavy atom. The smallest absolute Gasteiger partial charge is 0.348 e. The lowest BCUT2D eigenvalue weighted by Crippen LogP contribution is -2.50. The molecule has 106 valence electrons. The summed E-state index contributed by atoms with van der Waals surface area (Å²) in [4.78, 5) is 11.1. The first-order chi connectivity index (χ1) is 8.35. The number of halogens is 4. The number of carbonyl (C=O) groups excluding carboxylic acids is 1. The van der Waals surface area contributed by atoms with Crippen LogP contribution in [0.4, 0.5) is 17.6 Å². The van der Waals surface area contributed by atoms with Crippen LogP contribution in [0.1, 0.15) is 45.4 Å². The van der Waals surface area contributed by atoms with Gasteiger partial charge in [-0.2, -0.15) is 8.78 Å². The van der Waals surface area contributed by atoms with Crippen molar-refractivity contribution in [3.63, 3.8) is 0 Å². The van der Waals surface area contributed by atoms with E-state index in [2.05, 4.69) is 0 Å². The van der Waals surface area contributed by atoms with E-state index < -0.39 is 24.3 Å². The minimum absolute atomic E-state index is 0.102. The van der Waals surface area contributed by atoms with E-state index in [9.17, 15) is 22.4 Å². The van der Waals surface area contributed by atoms with Crippen LogP contribution in [-0.4, -0.2) is 24.3 Å². The van der Waals surface area contributed by atoms with Gasteiger partial charge in [0.15, 0.2) is 0 Å². The number of nitrogens with one attached hydrogen (secondary N) is 1. The van der Waals surface area contributed by atoms with Gasteiger partial charge in [-0.3, -0.25) is 4.79 Å². The van der Waals surface area contributed by atoms with E-state index in [1.54, 1.807) is 6.92 Å². The van der Waals surface area contributed by atoms with E-state index in [-0.39, 0.29) is 5.92 Å². The molecular weight excluding hydrogens is 250 g/mol. The van der Waals surface area contributed by atoms with Crippen molar-refractivity contribution in [1.29, 1.82) is 0 Å². The van der Waals surface area contributed by atoms with Crippen LogP contribution in [0.2, 0.25) is 0 Å². The first-order valence-electron chi connectivity index (χ1n) is 6.32. The van der Waals surface area contributed by atoms with Gasteiger partial charge in [0.25, 0.3) is 5.91 Å². The molecule has 0 aromatic carbocycles. The molecule has 0 spiro atoms. The molecule has 0 heterocycles. The molecule has 1 atom stereocenters. The normalized spacial score (nSPS) is 20.6. The van der Waals surface area contributed by atoms with Crippen LogP contribution in [-0.2, 0) is 4.79 Å². The largest absolute Gasteiger partial charge is 0.383 e. The van der Waals surface area contributed by atoms with Gasteiger partial charge >= 0.3 is 12.3 Å². The molecule has 1 N–H and O–H groups in total. The number of hydrogen-bond donors (Lipinski definition) is 1. The van der Waals surface area contributed by atoms with Crippen LogP contribution in [0.25, 0.3) is 0 Å². The molecular formula is C12H19F4NO. The van der Waals surface area contributed by atoms with Gasteiger partial charge in [0.2, 0.25) is 0 Å². The van der Waals surface area contributed by atoms with Crippen LogP contribution in [0, 0.1) is 5.92 Å². The van der Waals surface area contributed by atoms with Gasteiger partial charge in [-0.25, -0.2) is 8.78 Å². The second-order valence-corrected chi connectivity index (χ2v) is 4.94. The summed E-state index contributed by atoms with van der Waals surface area (Å²) >= 11 is 0. The number of rotatable bonds is 4. The predicted octanol–water partition coefficient (Wildman–Crippen LogP) is 3.36. The van der Waals surface area contributed by atoms with Gasteiger partial charge in [0.1, 0.15) is 0 Å². The molecule has 1 rings (SSSR count). The molecule has 1 amide bonds. The third-order valence-corrected chi connectivity index (χ3v) is 3.54. The lowest BCUT2D eigenvalue weighted by atomic mass is 9.93. The second-order valence-electron chi connectivity index (χ2n) is 4.94. The lowest BCUT2D eigenvalue weighted by Gasteiger charge is -2.25. The molecule has 6 heteroatoms. The molecule has 0 bridgehead atoms. The summed E-state index contributed by atoms with van der Waals surface area (Å²) in [6.07, 6.45) is 1.93. The number of carbonyl (C=O) groups is 1. The Morgan fingerprint density at radius 1 is 1.17 bits per heavy atom. The predicted molar refractivity (Wildman–Crippen MR) is 59.7 cm³/mol. The van der Waals surface area contributed by atoms with Gasteiger partial charge in [-0.05, 0) is 25.7 Å². The molecule has 0 radical (unpaired) electrons. The maximum absolute atomic E-state index is 12.8. The quantitative estimate of drug-likeness (QED) is 0.615. The topological polar surface area (TPSA) is 29.1 Å². The highest BCUT2D eigenvalue weighted by Gasteiger charge is 2.49. The van der Waals surface area contributed by atoms with Crippen molar-refractivity contribution in [2.24, 2.45) is 5.92 Å². The molecule has 1 fully saturated rings. The Labute approximate surface area is 104 Å². The summed E-state index contributed by atoms with van der Waals surface area (Å²) in [6.45, 7) is 1.61. The Balaban J connectivity index is 2.52. The summed E-state index contributed by atoms with van der Waals surface area (Å²) < 4.78 is 49.6. The average molecular weight is 269 g/mol. The van der Waals surface area contributed by atoms with Gasteiger partial charge in [-0.1, -0.05) is 25.7 Å². The van der Waals surface area contributed by atoms with Gasteiger partial charge in [0.05, 0.1) is 0 Å². The summed E-state index contributed by atoms with van der Waals surface area (Å²) in [5.74, 6) is -6.36. The van der Waals surface area contributed by atoms with Gasteiger partial charge in [0, 0.05) is 6.04 Å².